The second kappa shape index (κ2) is 4.43. The van der Waals surface area contributed by atoms with E-state index in [4.69, 9.17) is 14.6 Å². The highest BCUT2D eigenvalue weighted by molar-refractivity contribution is 7.49. The molecule has 1 aromatic rings. The summed E-state index contributed by atoms with van der Waals surface area (Å²) in [5, 5.41) is 0. The molecular formula is C10H10NO5P. The zero-order valence-electron chi connectivity index (χ0n) is 8.68. The van der Waals surface area contributed by atoms with Crippen LogP contribution in [0.3, 0.4) is 0 Å². The van der Waals surface area contributed by atoms with Gasteiger partial charge in [0, 0.05) is 5.56 Å². The fraction of sp³-hybridized carbons (Fsp3) is 0.100. The monoisotopic (exact) mass is 255 g/mol. The lowest BCUT2D eigenvalue weighted by Gasteiger charge is -2.19. The van der Waals surface area contributed by atoms with E-state index in [1.165, 1.54) is 6.08 Å². The fourth-order valence-electron chi connectivity index (χ4n) is 1.47. The molecule has 0 aliphatic carbocycles. The van der Waals surface area contributed by atoms with Gasteiger partial charge in [-0.25, -0.2) is 4.57 Å². The molecule has 1 aliphatic heterocycles. The minimum absolute atomic E-state index is 0.0288. The Labute approximate surface area is 97.3 Å². The number of hydrogen-bond acceptors (Lipinski definition) is 3. The Morgan fingerprint density at radius 2 is 1.94 bits per heavy atom. The van der Waals surface area contributed by atoms with Crippen molar-refractivity contribution in [2.75, 3.05) is 6.61 Å². The second-order valence-electron chi connectivity index (χ2n) is 3.37. The Morgan fingerprint density at radius 1 is 1.29 bits per heavy atom. The van der Waals surface area contributed by atoms with E-state index in [-0.39, 0.29) is 12.3 Å². The number of benzene rings is 1. The molecule has 0 unspecified atom stereocenters. The Hall–Kier alpha value is -1.46. The van der Waals surface area contributed by atoms with Crippen molar-refractivity contribution in [2.24, 2.45) is 0 Å². The highest BCUT2D eigenvalue weighted by Gasteiger charge is 2.36. The summed E-state index contributed by atoms with van der Waals surface area (Å²) in [4.78, 5) is 35.1. The van der Waals surface area contributed by atoms with Crippen LogP contribution in [0.2, 0.25) is 0 Å². The van der Waals surface area contributed by atoms with Gasteiger partial charge in [0.25, 0.3) is 0 Å². The van der Waals surface area contributed by atoms with Crippen LogP contribution in [-0.4, -0.2) is 27.0 Å². The molecule has 0 saturated carbocycles. The molecule has 0 fully saturated rings. The third-order valence-corrected chi connectivity index (χ3v) is 2.99. The minimum atomic E-state index is -4.62. The minimum Gasteiger partial charge on any atom is -0.307 e. The molecule has 0 atom stereocenters. The number of hydroxylamine groups is 1. The maximum absolute atomic E-state index is 12.0. The van der Waals surface area contributed by atoms with Crippen LogP contribution in [0.25, 0.3) is 0 Å². The van der Waals surface area contributed by atoms with E-state index in [1.807, 2.05) is 0 Å². The van der Waals surface area contributed by atoms with Crippen LogP contribution in [0.4, 0.5) is 0 Å². The van der Waals surface area contributed by atoms with Crippen LogP contribution < -0.4 is 0 Å². The molecule has 0 amide bonds. The Balaban J connectivity index is 2.30. The maximum atomic E-state index is 12.0. The van der Waals surface area contributed by atoms with E-state index in [0.717, 1.165) is 0 Å². The zero-order valence-corrected chi connectivity index (χ0v) is 9.58. The van der Waals surface area contributed by atoms with Crippen LogP contribution in [0.15, 0.2) is 42.1 Å². The van der Waals surface area contributed by atoms with Gasteiger partial charge in [-0.15, -0.1) is 0 Å². The summed E-state index contributed by atoms with van der Waals surface area (Å²) >= 11 is 0. The van der Waals surface area contributed by atoms with Crippen LogP contribution >= 0.6 is 7.75 Å². The van der Waals surface area contributed by atoms with Crippen LogP contribution in [0, 0.1) is 0 Å². The van der Waals surface area contributed by atoms with Crippen molar-refractivity contribution in [3.05, 3.63) is 47.7 Å². The van der Waals surface area contributed by atoms with E-state index in [2.05, 4.69) is 0 Å². The predicted molar refractivity (Wildman–Crippen MR) is 58.7 cm³/mol. The average Bonchev–Trinajstić information content (AvgIpc) is 2.78. The Morgan fingerprint density at radius 3 is 2.53 bits per heavy atom. The van der Waals surface area contributed by atoms with Crippen molar-refractivity contribution in [1.29, 1.82) is 0 Å². The van der Waals surface area contributed by atoms with E-state index in [1.54, 1.807) is 30.3 Å². The molecule has 0 radical (unpaired) electrons. The van der Waals surface area contributed by atoms with E-state index >= 15 is 0 Å². The predicted octanol–water partition coefficient (Wildman–Crippen LogP) is 1.09. The zero-order chi connectivity index (χ0) is 12.5. The van der Waals surface area contributed by atoms with Crippen molar-refractivity contribution in [3.8, 4) is 0 Å². The second-order valence-corrected chi connectivity index (χ2v) is 4.76. The molecule has 7 heteroatoms. The first-order valence-electron chi connectivity index (χ1n) is 4.79. The van der Waals surface area contributed by atoms with Gasteiger partial charge in [0.1, 0.15) is 5.70 Å². The van der Waals surface area contributed by atoms with Crippen molar-refractivity contribution in [2.45, 2.75) is 0 Å². The van der Waals surface area contributed by atoms with Crippen LogP contribution in [-0.2, 0) is 9.40 Å². The van der Waals surface area contributed by atoms with Gasteiger partial charge in [0.15, 0.2) is 0 Å². The third-order valence-electron chi connectivity index (χ3n) is 2.18. The van der Waals surface area contributed by atoms with E-state index in [0.29, 0.717) is 10.4 Å². The van der Waals surface area contributed by atoms with Gasteiger partial charge in [-0.1, -0.05) is 30.3 Å². The molecule has 1 heterocycles. The largest absolute Gasteiger partial charge is 0.453 e. The van der Waals surface area contributed by atoms with Gasteiger partial charge in [0.05, 0.1) is 6.61 Å². The SMILES string of the molecule is O=C(C1=CCON1P(=O)(O)O)c1ccccc1. The number of hydrogen-bond donors (Lipinski definition) is 2. The van der Waals surface area contributed by atoms with E-state index in [9.17, 15) is 9.36 Å². The van der Waals surface area contributed by atoms with Gasteiger partial charge in [-0.2, -0.15) is 4.83 Å². The van der Waals surface area contributed by atoms with Crippen LogP contribution in [0.1, 0.15) is 10.4 Å². The quantitative estimate of drug-likeness (QED) is 0.621. The molecule has 6 nitrogen and oxygen atoms in total. The lowest BCUT2D eigenvalue weighted by Crippen LogP contribution is -2.20. The van der Waals surface area contributed by atoms with Gasteiger partial charge in [0.2, 0.25) is 5.78 Å². The smallest absolute Gasteiger partial charge is 0.307 e. The summed E-state index contributed by atoms with van der Waals surface area (Å²) in [5.41, 5.74) is 0.215. The maximum Gasteiger partial charge on any atom is 0.453 e. The topological polar surface area (TPSA) is 87.1 Å². The van der Waals surface area contributed by atoms with Gasteiger partial charge >= 0.3 is 7.75 Å². The first-order valence-corrected chi connectivity index (χ1v) is 6.35. The van der Waals surface area contributed by atoms with Crippen molar-refractivity contribution in [1.82, 2.24) is 4.83 Å². The molecule has 0 aromatic heterocycles. The third kappa shape index (κ3) is 2.45. The lowest BCUT2D eigenvalue weighted by atomic mass is 10.1. The molecular weight excluding hydrogens is 245 g/mol. The molecule has 0 bridgehead atoms. The molecule has 0 spiro atoms. The van der Waals surface area contributed by atoms with Crippen molar-refractivity contribution in [3.63, 3.8) is 0 Å². The first kappa shape index (κ1) is 12.0. The average molecular weight is 255 g/mol. The molecule has 2 N–H and O–H groups in total. The first-order chi connectivity index (χ1) is 8.00. The number of carbonyl (C=O) groups is 1. The number of allylic oxidation sites excluding steroid dienone is 1. The summed E-state index contributed by atoms with van der Waals surface area (Å²) in [6.45, 7) is -0.0288. The van der Waals surface area contributed by atoms with Crippen LogP contribution in [0.5, 0.6) is 0 Å². The number of ketones is 1. The number of nitrogens with zero attached hydrogens (tertiary/aromatic N) is 1. The fourth-order valence-corrected chi connectivity index (χ4v) is 2.14. The highest BCUT2D eigenvalue weighted by Crippen LogP contribution is 2.45. The molecule has 90 valence electrons. The van der Waals surface area contributed by atoms with Crippen molar-refractivity contribution >= 4 is 13.5 Å². The molecule has 0 saturated heterocycles. The molecule has 17 heavy (non-hydrogen) atoms. The summed E-state index contributed by atoms with van der Waals surface area (Å²) in [6.07, 6.45) is 1.34. The number of Topliss-reactive ketones (excluding diaryl/α,β-unsaturated/α-hetero) is 1. The number of rotatable bonds is 3. The molecule has 1 aromatic carbocycles. The van der Waals surface area contributed by atoms with E-state index < -0.39 is 13.5 Å². The van der Waals surface area contributed by atoms with Crippen molar-refractivity contribution < 1.29 is 24.0 Å². The summed E-state index contributed by atoms with van der Waals surface area (Å²) in [7, 11) is -4.62. The Kier molecular flexibility index (Phi) is 3.13. The van der Waals surface area contributed by atoms with Gasteiger partial charge < -0.3 is 9.79 Å². The summed E-state index contributed by atoms with van der Waals surface area (Å²) in [5.74, 6) is -0.480. The molecule has 1 aliphatic rings. The normalized spacial score (nSPS) is 15.9. The summed E-state index contributed by atoms with van der Waals surface area (Å²) in [6, 6.07) is 8.23. The van der Waals surface area contributed by atoms with Gasteiger partial charge in [-0.3, -0.25) is 9.63 Å². The molecule has 2 rings (SSSR count). The lowest BCUT2D eigenvalue weighted by molar-refractivity contribution is -0.0426. The standard InChI is InChI=1S/C10H10NO5P/c12-10(8-4-2-1-3-5-8)9-6-7-16-11(9)17(13,14)15/h1-6H,7H2,(H2,13,14,15). The Bertz CT molecular complexity index is 507. The highest BCUT2D eigenvalue weighted by atomic mass is 31.2. The number of carbonyl (C=O) groups excluding carboxylic acids is 1. The summed E-state index contributed by atoms with van der Waals surface area (Å²) < 4.78 is 11.1. The van der Waals surface area contributed by atoms with Gasteiger partial charge in [-0.05, 0) is 6.08 Å².